The zero-order chi connectivity index (χ0) is 10.4. The highest BCUT2D eigenvalue weighted by molar-refractivity contribution is 5.80. The summed E-state index contributed by atoms with van der Waals surface area (Å²) < 4.78 is 5.35. The van der Waals surface area contributed by atoms with Crippen LogP contribution in [0.2, 0.25) is 0 Å². The minimum Gasteiger partial charge on any atom is -0.464 e. The second-order valence-electron chi connectivity index (χ2n) is 2.80. The third-order valence-electron chi connectivity index (χ3n) is 1.97. The van der Waals surface area contributed by atoms with Crippen molar-refractivity contribution in [2.45, 2.75) is 6.42 Å². The summed E-state index contributed by atoms with van der Waals surface area (Å²) >= 11 is 0. The highest BCUT2D eigenvalue weighted by atomic mass is 16.3. The summed E-state index contributed by atoms with van der Waals surface area (Å²) in [5, 5.41) is 8.18. The number of hydrogen-bond acceptors (Lipinski definition) is 3. The van der Waals surface area contributed by atoms with Crippen molar-refractivity contribution in [3.63, 3.8) is 0 Å². The minimum atomic E-state index is 0.670. The quantitative estimate of drug-likeness (QED) is 0.760. The van der Waals surface area contributed by atoms with Gasteiger partial charge in [-0.15, -0.1) is 0 Å². The van der Waals surface area contributed by atoms with Crippen LogP contribution in [-0.2, 0) is 6.42 Å². The average Bonchev–Trinajstić information content (AvgIpc) is 2.66. The number of benzene rings is 1. The molecule has 0 radical (unpaired) electrons. The molecular formula is C11H15NO2. The van der Waals surface area contributed by atoms with Crippen LogP contribution < -0.4 is 5.73 Å². The molecule has 1 aromatic carbocycles. The van der Waals surface area contributed by atoms with Crippen LogP contribution in [0.15, 0.2) is 34.9 Å². The number of para-hydroxylation sites is 1. The fourth-order valence-electron chi connectivity index (χ4n) is 1.38. The van der Waals surface area contributed by atoms with E-state index in [4.69, 9.17) is 15.3 Å². The zero-order valence-electron chi connectivity index (χ0n) is 8.23. The van der Waals surface area contributed by atoms with Crippen LogP contribution in [0.1, 0.15) is 5.56 Å². The van der Waals surface area contributed by atoms with Crippen molar-refractivity contribution in [2.24, 2.45) is 5.73 Å². The predicted molar refractivity (Wildman–Crippen MR) is 57.1 cm³/mol. The zero-order valence-corrected chi connectivity index (χ0v) is 8.23. The molecule has 0 amide bonds. The first-order chi connectivity index (χ1) is 6.92. The van der Waals surface area contributed by atoms with Crippen molar-refractivity contribution in [1.29, 1.82) is 0 Å². The molecule has 0 aliphatic rings. The third kappa shape index (κ3) is 2.13. The lowest BCUT2D eigenvalue weighted by atomic mass is 10.1. The molecule has 14 heavy (non-hydrogen) atoms. The highest BCUT2D eigenvalue weighted by Gasteiger charge is 2.02. The Morgan fingerprint density at radius 3 is 2.71 bits per heavy atom. The first-order valence-corrected chi connectivity index (χ1v) is 4.51. The van der Waals surface area contributed by atoms with E-state index in [-0.39, 0.29) is 0 Å². The molecule has 2 rings (SSSR count). The van der Waals surface area contributed by atoms with Crippen molar-refractivity contribution in [2.75, 3.05) is 13.7 Å². The lowest BCUT2D eigenvalue weighted by molar-refractivity contribution is 0.399. The topological polar surface area (TPSA) is 59.4 Å². The Bertz CT molecular complexity index is 381. The van der Waals surface area contributed by atoms with E-state index in [9.17, 15) is 0 Å². The molecule has 0 saturated carbocycles. The van der Waals surface area contributed by atoms with Crippen molar-refractivity contribution < 1.29 is 9.52 Å². The maximum Gasteiger partial charge on any atom is 0.134 e. The molecular weight excluding hydrogens is 178 g/mol. The van der Waals surface area contributed by atoms with Gasteiger partial charge >= 0.3 is 0 Å². The largest absolute Gasteiger partial charge is 0.464 e. The number of rotatable bonds is 2. The number of aliphatic hydroxyl groups excluding tert-OH is 1. The summed E-state index contributed by atoms with van der Waals surface area (Å²) in [5.74, 6) is 0. The monoisotopic (exact) mass is 193 g/mol. The maximum absolute atomic E-state index is 7.00. The predicted octanol–water partition coefficient (Wildman–Crippen LogP) is 1.54. The van der Waals surface area contributed by atoms with Gasteiger partial charge in [-0.1, -0.05) is 18.2 Å². The highest BCUT2D eigenvalue weighted by Crippen LogP contribution is 2.20. The summed E-state index contributed by atoms with van der Waals surface area (Å²) in [5.41, 5.74) is 7.62. The number of furan rings is 1. The number of aliphatic hydroxyl groups is 1. The van der Waals surface area contributed by atoms with Gasteiger partial charge in [-0.3, -0.25) is 0 Å². The molecule has 0 aliphatic carbocycles. The van der Waals surface area contributed by atoms with Crippen molar-refractivity contribution in [3.8, 4) is 0 Å². The molecule has 0 atom stereocenters. The van der Waals surface area contributed by atoms with E-state index in [0.29, 0.717) is 6.54 Å². The Balaban J connectivity index is 0.000000461. The lowest BCUT2D eigenvalue weighted by Gasteiger charge is -1.91. The molecule has 0 spiro atoms. The number of nitrogens with two attached hydrogens (primary N) is 1. The van der Waals surface area contributed by atoms with E-state index in [1.807, 2.05) is 18.2 Å². The summed E-state index contributed by atoms with van der Waals surface area (Å²) in [4.78, 5) is 0. The van der Waals surface area contributed by atoms with E-state index in [1.165, 1.54) is 10.9 Å². The van der Waals surface area contributed by atoms with Crippen LogP contribution in [-0.4, -0.2) is 18.8 Å². The fraction of sp³-hybridized carbons (Fsp3) is 0.273. The van der Waals surface area contributed by atoms with Gasteiger partial charge in [0, 0.05) is 12.5 Å². The van der Waals surface area contributed by atoms with E-state index in [1.54, 1.807) is 6.26 Å². The van der Waals surface area contributed by atoms with Gasteiger partial charge in [0.2, 0.25) is 0 Å². The first-order valence-electron chi connectivity index (χ1n) is 4.51. The average molecular weight is 193 g/mol. The second-order valence-corrected chi connectivity index (χ2v) is 2.80. The fourth-order valence-corrected chi connectivity index (χ4v) is 1.38. The molecule has 1 aromatic heterocycles. The summed E-state index contributed by atoms with van der Waals surface area (Å²) in [6, 6.07) is 8.01. The van der Waals surface area contributed by atoms with E-state index >= 15 is 0 Å². The van der Waals surface area contributed by atoms with Crippen LogP contribution in [0.5, 0.6) is 0 Å². The van der Waals surface area contributed by atoms with Crippen LogP contribution in [0, 0.1) is 0 Å². The SMILES string of the molecule is CO.NCCc1coc2ccccc12. The lowest BCUT2D eigenvalue weighted by Crippen LogP contribution is -2.01. The van der Waals surface area contributed by atoms with Gasteiger partial charge in [0.25, 0.3) is 0 Å². The van der Waals surface area contributed by atoms with E-state index < -0.39 is 0 Å². The molecule has 0 bridgehead atoms. The second kappa shape index (κ2) is 5.42. The van der Waals surface area contributed by atoms with Gasteiger partial charge in [0.05, 0.1) is 6.26 Å². The Hall–Kier alpha value is -1.32. The molecule has 0 saturated heterocycles. The normalized spacial score (nSPS) is 9.64. The Morgan fingerprint density at radius 1 is 1.29 bits per heavy atom. The minimum absolute atomic E-state index is 0.670. The van der Waals surface area contributed by atoms with E-state index in [0.717, 1.165) is 19.1 Å². The smallest absolute Gasteiger partial charge is 0.134 e. The van der Waals surface area contributed by atoms with Gasteiger partial charge in [-0.25, -0.2) is 0 Å². The number of fused-ring (bicyclic) bond motifs is 1. The van der Waals surface area contributed by atoms with Gasteiger partial charge in [-0.05, 0) is 24.6 Å². The van der Waals surface area contributed by atoms with Crippen molar-refractivity contribution >= 4 is 11.0 Å². The van der Waals surface area contributed by atoms with Crippen LogP contribution in [0.4, 0.5) is 0 Å². The Labute approximate surface area is 83.1 Å². The molecule has 76 valence electrons. The molecule has 2 aromatic rings. The first kappa shape index (κ1) is 10.8. The summed E-state index contributed by atoms with van der Waals surface area (Å²) in [6.07, 6.45) is 2.68. The van der Waals surface area contributed by atoms with Crippen LogP contribution >= 0.6 is 0 Å². The van der Waals surface area contributed by atoms with Gasteiger partial charge in [0.1, 0.15) is 5.58 Å². The summed E-state index contributed by atoms with van der Waals surface area (Å²) in [7, 11) is 1.00. The molecule has 3 N–H and O–H groups in total. The molecule has 0 aliphatic heterocycles. The third-order valence-corrected chi connectivity index (χ3v) is 1.97. The maximum atomic E-state index is 7.00. The number of hydrogen-bond donors (Lipinski definition) is 2. The van der Waals surface area contributed by atoms with Crippen molar-refractivity contribution in [1.82, 2.24) is 0 Å². The van der Waals surface area contributed by atoms with Gasteiger partial charge in [-0.2, -0.15) is 0 Å². The molecule has 1 heterocycles. The van der Waals surface area contributed by atoms with Gasteiger partial charge in [0.15, 0.2) is 0 Å². The Kier molecular flexibility index (Phi) is 4.16. The van der Waals surface area contributed by atoms with Crippen LogP contribution in [0.3, 0.4) is 0 Å². The molecule has 3 heteroatoms. The Morgan fingerprint density at radius 2 is 2.00 bits per heavy atom. The van der Waals surface area contributed by atoms with Crippen molar-refractivity contribution in [3.05, 3.63) is 36.1 Å². The van der Waals surface area contributed by atoms with E-state index in [2.05, 4.69) is 6.07 Å². The molecule has 3 nitrogen and oxygen atoms in total. The summed E-state index contributed by atoms with van der Waals surface area (Å²) in [6.45, 7) is 0.670. The molecule has 0 unspecified atom stereocenters. The van der Waals surface area contributed by atoms with Crippen LogP contribution in [0.25, 0.3) is 11.0 Å². The molecule has 0 fully saturated rings. The van der Waals surface area contributed by atoms with Gasteiger partial charge < -0.3 is 15.3 Å². The standard InChI is InChI=1S/C10H11NO.CH4O/c11-6-5-8-7-12-10-4-2-1-3-9(8)10;1-2/h1-4,7H,5-6,11H2;2H,1H3.